The third-order valence-corrected chi connectivity index (χ3v) is 3.08. The molecule has 1 aromatic heterocycles. The zero-order valence-corrected chi connectivity index (χ0v) is 13.3. The van der Waals surface area contributed by atoms with Crippen molar-refractivity contribution in [2.24, 2.45) is 0 Å². The highest BCUT2D eigenvalue weighted by Gasteiger charge is 2.08. The summed E-state index contributed by atoms with van der Waals surface area (Å²) in [7, 11) is 1.54. The normalized spacial score (nSPS) is 11.3. The van der Waals surface area contributed by atoms with E-state index in [1.807, 2.05) is 6.92 Å². The number of esters is 1. The second-order valence-electron chi connectivity index (χ2n) is 4.94. The highest BCUT2D eigenvalue weighted by Crippen LogP contribution is 2.31. The first-order valence-corrected chi connectivity index (χ1v) is 7.03. The molecular weight excluding hydrogens is 300 g/mol. The lowest BCUT2D eigenvalue weighted by Gasteiger charge is -2.10. The first-order valence-electron chi connectivity index (χ1n) is 7.03. The van der Waals surface area contributed by atoms with Crippen LogP contribution in [0.2, 0.25) is 0 Å². The number of benzene rings is 1. The number of hydrogen-bond donors (Lipinski definition) is 0. The van der Waals surface area contributed by atoms with Gasteiger partial charge in [0, 0.05) is 24.4 Å². The van der Waals surface area contributed by atoms with Gasteiger partial charge in [-0.1, -0.05) is 0 Å². The fourth-order valence-corrected chi connectivity index (χ4v) is 1.90. The Balaban J connectivity index is 2.14. The number of fused-ring (bicyclic) bond motifs is 1. The Bertz CT molecular complexity index is 787. The van der Waals surface area contributed by atoms with E-state index in [2.05, 4.69) is 0 Å². The van der Waals surface area contributed by atoms with Gasteiger partial charge in [0.15, 0.2) is 11.5 Å². The van der Waals surface area contributed by atoms with Gasteiger partial charge in [-0.2, -0.15) is 0 Å². The summed E-state index contributed by atoms with van der Waals surface area (Å²) < 4.78 is 20.9. The molecule has 0 saturated carbocycles. The Labute approximate surface area is 133 Å². The summed E-state index contributed by atoms with van der Waals surface area (Å²) >= 11 is 0. The Morgan fingerprint density at radius 2 is 2.00 bits per heavy atom. The zero-order chi connectivity index (χ0) is 16.8. The maximum atomic E-state index is 11.3. The monoisotopic (exact) mass is 318 g/mol. The van der Waals surface area contributed by atoms with Crippen LogP contribution in [0.25, 0.3) is 11.0 Å². The van der Waals surface area contributed by atoms with Crippen molar-refractivity contribution in [2.75, 3.05) is 20.3 Å². The predicted molar refractivity (Wildman–Crippen MR) is 84.9 cm³/mol. The van der Waals surface area contributed by atoms with Crippen LogP contribution in [0.3, 0.4) is 0 Å². The summed E-state index contributed by atoms with van der Waals surface area (Å²) in [6, 6.07) is 6.37. The van der Waals surface area contributed by atoms with Crippen molar-refractivity contribution in [3.63, 3.8) is 0 Å². The lowest BCUT2D eigenvalue weighted by Crippen LogP contribution is -2.03. The van der Waals surface area contributed by atoms with E-state index < -0.39 is 5.63 Å². The van der Waals surface area contributed by atoms with Gasteiger partial charge in [-0.05, 0) is 30.7 Å². The van der Waals surface area contributed by atoms with Crippen LogP contribution in [0.4, 0.5) is 0 Å². The molecule has 122 valence electrons. The van der Waals surface area contributed by atoms with Crippen molar-refractivity contribution in [3.05, 3.63) is 46.3 Å². The molecule has 1 heterocycles. The quantitative estimate of drug-likeness (QED) is 0.463. The molecule has 0 saturated heterocycles. The lowest BCUT2D eigenvalue weighted by molar-refractivity contribution is -0.139. The van der Waals surface area contributed by atoms with Gasteiger partial charge in [-0.25, -0.2) is 4.79 Å². The molecule has 6 heteroatoms. The summed E-state index contributed by atoms with van der Waals surface area (Å²) in [6.45, 7) is 3.69. The van der Waals surface area contributed by atoms with Gasteiger partial charge in [-0.15, -0.1) is 0 Å². The average Bonchev–Trinajstić information content (AvgIpc) is 2.52. The highest BCUT2D eigenvalue weighted by molar-refractivity contribution is 5.80. The van der Waals surface area contributed by atoms with Crippen LogP contribution in [0, 0.1) is 0 Å². The topological polar surface area (TPSA) is 75.0 Å². The standard InChI is InChI=1S/C17H18O6/c1-11(10-22-12(2)18)6-7-21-16-9-14-13(8-15(16)20-3)4-5-17(19)23-14/h4-6,8-9H,7,10H2,1-3H3/b11-6+. The minimum atomic E-state index is -0.425. The third-order valence-electron chi connectivity index (χ3n) is 3.08. The molecule has 23 heavy (non-hydrogen) atoms. The summed E-state index contributed by atoms with van der Waals surface area (Å²) in [4.78, 5) is 22.0. The van der Waals surface area contributed by atoms with Gasteiger partial charge in [0.25, 0.3) is 0 Å². The summed E-state index contributed by atoms with van der Waals surface area (Å²) in [5.41, 5.74) is 0.867. The van der Waals surface area contributed by atoms with E-state index in [1.165, 1.54) is 20.1 Å². The summed E-state index contributed by atoms with van der Waals surface area (Å²) in [6.07, 6.45) is 1.80. The predicted octanol–water partition coefficient (Wildman–Crippen LogP) is 2.69. The van der Waals surface area contributed by atoms with E-state index in [0.29, 0.717) is 17.1 Å². The van der Waals surface area contributed by atoms with Crippen molar-refractivity contribution in [1.82, 2.24) is 0 Å². The van der Waals surface area contributed by atoms with E-state index in [0.717, 1.165) is 11.0 Å². The molecule has 0 aliphatic carbocycles. The molecule has 2 rings (SSSR count). The van der Waals surface area contributed by atoms with Crippen LogP contribution >= 0.6 is 0 Å². The molecule has 0 unspecified atom stereocenters. The van der Waals surface area contributed by atoms with Crippen molar-refractivity contribution in [2.45, 2.75) is 13.8 Å². The van der Waals surface area contributed by atoms with Crippen LogP contribution in [0.1, 0.15) is 13.8 Å². The van der Waals surface area contributed by atoms with Gasteiger partial charge in [0.2, 0.25) is 0 Å². The summed E-state index contributed by atoms with van der Waals surface area (Å²) in [5.74, 6) is 0.674. The first kappa shape index (κ1) is 16.6. The molecule has 0 aliphatic heterocycles. The lowest BCUT2D eigenvalue weighted by atomic mass is 10.2. The van der Waals surface area contributed by atoms with Gasteiger partial charge in [-0.3, -0.25) is 4.79 Å². The molecule has 0 aliphatic rings. The molecule has 2 aromatic rings. The van der Waals surface area contributed by atoms with E-state index in [1.54, 1.807) is 24.3 Å². The summed E-state index contributed by atoms with van der Waals surface area (Å²) in [5, 5.41) is 0.746. The molecule has 0 fully saturated rings. The molecule has 1 aromatic carbocycles. The number of rotatable bonds is 6. The van der Waals surface area contributed by atoms with Crippen LogP contribution in [-0.2, 0) is 9.53 Å². The van der Waals surface area contributed by atoms with Crippen LogP contribution in [0.5, 0.6) is 11.5 Å². The SMILES string of the molecule is COc1cc2ccc(=O)oc2cc1OC/C=C(\C)COC(C)=O. The number of hydrogen-bond acceptors (Lipinski definition) is 6. The van der Waals surface area contributed by atoms with E-state index in [4.69, 9.17) is 18.6 Å². The number of carbonyl (C=O) groups is 1. The van der Waals surface area contributed by atoms with Crippen molar-refractivity contribution >= 4 is 16.9 Å². The van der Waals surface area contributed by atoms with E-state index in [9.17, 15) is 9.59 Å². The third kappa shape index (κ3) is 4.60. The van der Waals surface area contributed by atoms with Crippen molar-refractivity contribution in [3.8, 4) is 11.5 Å². The fourth-order valence-electron chi connectivity index (χ4n) is 1.90. The fraction of sp³-hybridized carbons (Fsp3) is 0.294. The van der Waals surface area contributed by atoms with Crippen LogP contribution in [0.15, 0.2) is 45.1 Å². The smallest absolute Gasteiger partial charge is 0.336 e. The maximum Gasteiger partial charge on any atom is 0.336 e. The van der Waals surface area contributed by atoms with E-state index >= 15 is 0 Å². The maximum absolute atomic E-state index is 11.3. The van der Waals surface area contributed by atoms with Gasteiger partial charge >= 0.3 is 11.6 Å². The Hall–Kier alpha value is -2.76. The van der Waals surface area contributed by atoms with E-state index in [-0.39, 0.29) is 19.2 Å². The number of carbonyl (C=O) groups excluding carboxylic acids is 1. The molecule has 6 nitrogen and oxygen atoms in total. The van der Waals surface area contributed by atoms with Crippen molar-refractivity contribution in [1.29, 1.82) is 0 Å². The molecule has 0 spiro atoms. The minimum absolute atomic E-state index is 0.225. The number of ether oxygens (including phenoxy) is 3. The minimum Gasteiger partial charge on any atom is -0.493 e. The Kier molecular flexibility index (Phi) is 5.41. The first-order chi connectivity index (χ1) is 11.0. The van der Waals surface area contributed by atoms with Gasteiger partial charge < -0.3 is 18.6 Å². The average molecular weight is 318 g/mol. The Morgan fingerprint density at radius 3 is 2.70 bits per heavy atom. The molecule has 0 bridgehead atoms. The van der Waals surface area contributed by atoms with Gasteiger partial charge in [0.05, 0.1) is 7.11 Å². The molecule has 0 atom stereocenters. The zero-order valence-electron chi connectivity index (χ0n) is 13.3. The molecule has 0 N–H and O–H groups in total. The highest BCUT2D eigenvalue weighted by atomic mass is 16.5. The van der Waals surface area contributed by atoms with Crippen LogP contribution < -0.4 is 15.1 Å². The second kappa shape index (κ2) is 7.49. The van der Waals surface area contributed by atoms with Crippen LogP contribution in [-0.4, -0.2) is 26.3 Å². The molecule has 0 amide bonds. The van der Waals surface area contributed by atoms with Crippen molar-refractivity contribution < 1.29 is 23.4 Å². The second-order valence-corrected chi connectivity index (χ2v) is 4.94. The van der Waals surface area contributed by atoms with Gasteiger partial charge in [0.1, 0.15) is 18.8 Å². The molecular formula is C17H18O6. The molecule has 0 radical (unpaired) electrons. The Morgan fingerprint density at radius 1 is 1.22 bits per heavy atom. The largest absolute Gasteiger partial charge is 0.493 e. The number of methoxy groups -OCH3 is 1.